The highest BCUT2D eigenvalue weighted by Crippen LogP contribution is 2.12. The van der Waals surface area contributed by atoms with Gasteiger partial charge in [-0.3, -0.25) is 4.79 Å². The van der Waals surface area contributed by atoms with E-state index in [-0.39, 0.29) is 18.3 Å². The molecule has 1 heterocycles. The van der Waals surface area contributed by atoms with Gasteiger partial charge in [-0.15, -0.1) is 12.4 Å². The summed E-state index contributed by atoms with van der Waals surface area (Å²) in [5.74, 6) is 0.881. The van der Waals surface area contributed by atoms with Crippen LogP contribution < -0.4 is 15.4 Å². The SMILES string of the molecule is Cc1cccc(OCCC(=O)NCC2CCCN2)c1.Cl. The van der Waals surface area contributed by atoms with E-state index in [1.54, 1.807) is 0 Å². The van der Waals surface area contributed by atoms with Gasteiger partial charge in [0.25, 0.3) is 0 Å². The smallest absolute Gasteiger partial charge is 0.223 e. The summed E-state index contributed by atoms with van der Waals surface area (Å²) < 4.78 is 5.55. The van der Waals surface area contributed by atoms with E-state index in [2.05, 4.69) is 10.6 Å². The molecule has 2 rings (SSSR count). The van der Waals surface area contributed by atoms with Crippen LogP contribution >= 0.6 is 12.4 Å². The summed E-state index contributed by atoms with van der Waals surface area (Å²) in [6, 6.07) is 8.31. The van der Waals surface area contributed by atoms with Crippen LogP contribution in [0.4, 0.5) is 0 Å². The second-order valence-corrected chi connectivity index (χ2v) is 5.01. The zero-order valence-corrected chi connectivity index (χ0v) is 12.7. The van der Waals surface area contributed by atoms with Crippen molar-refractivity contribution >= 4 is 18.3 Å². The van der Waals surface area contributed by atoms with Gasteiger partial charge < -0.3 is 15.4 Å². The van der Waals surface area contributed by atoms with Gasteiger partial charge in [0.1, 0.15) is 5.75 Å². The third kappa shape index (κ3) is 5.80. The number of hydrogen-bond acceptors (Lipinski definition) is 3. The summed E-state index contributed by atoms with van der Waals surface area (Å²) in [6.07, 6.45) is 2.76. The normalized spacial score (nSPS) is 17.4. The molecule has 4 nitrogen and oxygen atoms in total. The summed E-state index contributed by atoms with van der Waals surface area (Å²) in [5, 5.41) is 6.29. The number of halogens is 1. The van der Waals surface area contributed by atoms with E-state index in [4.69, 9.17) is 4.74 Å². The van der Waals surface area contributed by atoms with E-state index >= 15 is 0 Å². The average molecular weight is 299 g/mol. The van der Waals surface area contributed by atoms with Gasteiger partial charge in [0.2, 0.25) is 5.91 Å². The quantitative estimate of drug-likeness (QED) is 0.845. The molecule has 112 valence electrons. The van der Waals surface area contributed by atoms with Crippen LogP contribution in [0.1, 0.15) is 24.8 Å². The van der Waals surface area contributed by atoms with E-state index in [9.17, 15) is 4.79 Å². The predicted octanol–water partition coefficient (Wildman–Crippen LogP) is 2.05. The first kappa shape index (κ1) is 16.8. The molecule has 1 amide bonds. The number of rotatable bonds is 6. The van der Waals surface area contributed by atoms with Gasteiger partial charge >= 0.3 is 0 Å². The van der Waals surface area contributed by atoms with E-state index in [1.165, 1.54) is 6.42 Å². The number of carbonyl (C=O) groups excluding carboxylic acids is 1. The van der Waals surface area contributed by atoms with Crippen molar-refractivity contribution in [3.63, 3.8) is 0 Å². The fraction of sp³-hybridized carbons (Fsp3) is 0.533. The number of nitrogens with one attached hydrogen (secondary N) is 2. The highest BCUT2D eigenvalue weighted by molar-refractivity contribution is 5.85. The molecule has 1 fully saturated rings. The van der Waals surface area contributed by atoms with Crippen LogP contribution in [0.2, 0.25) is 0 Å². The highest BCUT2D eigenvalue weighted by Gasteiger charge is 2.14. The van der Waals surface area contributed by atoms with Crippen LogP contribution in [0.5, 0.6) is 5.75 Å². The van der Waals surface area contributed by atoms with Crippen molar-refractivity contribution in [1.29, 1.82) is 0 Å². The first-order valence-electron chi connectivity index (χ1n) is 6.93. The molecular formula is C15H23ClN2O2. The molecule has 1 saturated heterocycles. The molecule has 1 aliphatic heterocycles. The maximum atomic E-state index is 11.6. The maximum absolute atomic E-state index is 11.6. The van der Waals surface area contributed by atoms with Crippen molar-refractivity contribution in [3.05, 3.63) is 29.8 Å². The fourth-order valence-corrected chi connectivity index (χ4v) is 2.22. The Balaban J connectivity index is 0.00000200. The second-order valence-electron chi connectivity index (χ2n) is 5.01. The number of amides is 1. The summed E-state index contributed by atoms with van der Waals surface area (Å²) in [7, 11) is 0. The molecule has 1 unspecified atom stereocenters. The minimum absolute atomic E-state index is 0. The summed E-state index contributed by atoms with van der Waals surface area (Å²) >= 11 is 0. The molecule has 1 aromatic carbocycles. The summed E-state index contributed by atoms with van der Waals surface area (Å²) in [5.41, 5.74) is 1.16. The lowest BCUT2D eigenvalue weighted by Crippen LogP contribution is -2.37. The minimum Gasteiger partial charge on any atom is -0.493 e. The number of ether oxygens (including phenoxy) is 1. The van der Waals surface area contributed by atoms with Crippen molar-refractivity contribution in [3.8, 4) is 5.75 Å². The number of aryl methyl sites for hydroxylation is 1. The van der Waals surface area contributed by atoms with E-state index in [0.717, 1.165) is 30.8 Å². The van der Waals surface area contributed by atoms with Gasteiger partial charge in [-0.2, -0.15) is 0 Å². The Labute approximate surface area is 126 Å². The topological polar surface area (TPSA) is 50.4 Å². The lowest BCUT2D eigenvalue weighted by Gasteiger charge is -2.11. The van der Waals surface area contributed by atoms with Crippen LogP contribution in [0.3, 0.4) is 0 Å². The fourth-order valence-electron chi connectivity index (χ4n) is 2.22. The Hall–Kier alpha value is -1.26. The van der Waals surface area contributed by atoms with Gasteiger partial charge in [0.15, 0.2) is 0 Å². The van der Waals surface area contributed by atoms with Crippen molar-refractivity contribution in [2.24, 2.45) is 0 Å². The van der Waals surface area contributed by atoms with Gasteiger partial charge in [-0.05, 0) is 44.0 Å². The van der Waals surface area contributed by atoms with Gasteiger partial charge in [0, 0.05) is 12.6 Å². The molecule has 0 spiro atoms. The van der Waals surface area contributed by atoms with Gasteiger partial charge in [-0.25, -0.2) is 0 Å². The lowest BCUT2D eigenvalue weighted by atomic mass is 10.2. The molecule has 0 bridgehead atoms. The van der Waals surface area contributed by atoms with Crippen molar-refractivity contribution < 1.29 is 9.53 Å². The molecule has 2 N–H and O–H groups in total. The van der Waals surface area contributed by atoms with E-state index in [0.29, 0.717) is 19.1 Å². The Kier molecular flexibility index (Phi) is 7.41. The standard InChI is InChI=1S/C15H22N2O2.ClH/c1-12-4-2-6-14(10-12)19-9-7-15(18)17-11-13-5-3-8-16-13;/h2,4,6,10,13,16H,3,5,7-9,11H2,1H3,(H,17,18);1H. The second kappa shape index (κ2) is 8.82. The van der Waals surface area contributed by atoms with Gasteiger partial charge in [-0.1, -0.05) is 12.1 Å². The molecule has 5 heteroatoms. The van der Waals surface area contributed by atoms with Gasteiger partial charge in [0.05, 0.1) is 13.0 Å². The first-order chi connectivity index (χ1) is 9.24. The van der Waals surface area contributed by atoms with Crippen LogP contribution in [0.25, 0.3) is 0 Å². The molecule has 20 heavy (non-hydrogen) atoms. The zero-order valence-electron chi connectivity index (χ0n) is 11.9. The zero-order chi connectivity index (χ0) is 13.5. The number of hydrogen-bond donors (Lipinski definition) is 2. The van der Waals surface area contributed by atoms with Crippen LogP contribution in [0, 0.1) is 6.92 Å². The Morgan fingerprint density at radius 2 is 2.35 bits per heavy atom. The molecule has 1 aliphatic rings. The molecule has 0 radical (unpaired) electrons. The molecule has 1 atom stereocenters. The molecular weight excluding hydrogens is 276 g/mol. The highest BCUT2D eigenvalue weighted by atomic mass is 35.5. The van der Waals surface area contributed by atoms with E-state index < -0.39 is 0 Å². The number of carbonyl (C=O) groups is 1. The van der Waals surface area contributed by atoms with Crippen LogP contribution in [-0.4, -0.2) is 31.6 Å². The molecule has 0 aliphatic carbocycles. The Bertz CT molecular complexity index is 420. The lowest BCUT2D eigenvalue weighted by molar-refractivity contribution is -0.121. The van der Waals surface area contributed by atoms with E-state index in [1.807, 2.05) is 31.2 Å². The average Bonchev–Trinajstić information content (AvgIpc) is 2.89. The Morgan fingerprint density at radius 1 is 1.50 bits per heavy atom. The summed E-state index contributed by atoms with van der Waals surface area (Å²) in [4.78, 5) is 11.6. The Morgan fingerprint density at radius 3 is 3.05 bits per heavy atom. The van der Waals surface area contributed by atoms with Crippen molar-refractivity contribution in [2.45, 2.75) is 32.2 Å². The molecule has 1 aromatic rings. The summed E-state index contributed by atoms with van der Waals surface area (Å²) in [6.45, 7) is 4.24. The first-order valence-corrected chi connectivity index (χ1v) is 6.93. The van der Waals surface area contributed by atoms with Crippen molar-refractivity contribution in [2.75, 3.05) is 19.7 Å². The van der Waals surface area contributed by atoms with Crippen molar-refractivity contribution in [1.82, 2.24) is 10.6 Å². The van der Waals surface area contributed by atoms with Crippen LogP contribution in [-0.2, 0) is 4.79 Å². The largest absolute Gasteiger partial charge is 0.493 e. The minimum atomic E-state index is 0. The predicted molar refractivity (Wildman–Crippen MR) is 82.6 cm³/mol. The maximum Gasteiger partial charge on any atom is 0.223 e. The third-order valence-electron chi connectivity index (χ3n) is 3.30. The molecule has 0 saturated carbocycles. The number of benzene rings is 1. The monoisotopic (exact) mass is 298 g/mol. The molecule has 0 aromatic heterocycles. The third-order valence-corrected chi connectivity index (χ3v) is 3.30. The van der Waals surface area contributed by atoms with Crippen LogP contribution in [0.15, 0.2) is 24.3 Å².